The number of anilines is 1. The lowest BCUT2D eigenvalue weighted by atomic mass is 9.82. The lowest BCUT2D eigenvalue weighted by Crippen LogP contribution is -2.34. The van der Waals surface area contributed by atoms with E-state index in [-0.39, 0.29) is 36.0 Å². The number of unbranched alkanes of at least 4 members (excludes halogenated alkanes) is 2. The molecule has 7 heteroatoms. The lowest BCUT2D eigenvalue weighted by Gasteiger charge is -2.19. The summed E-state index contributed by atoms with van der Waals surface area (Å²) < 4.78 is 0. The van der Waals surface area contributed by atoms with Gasteiger partial charge in [-0.05, 0) is 44.7 Å². The average Bonchev–Trinajstić information content (AvgIpc) is 2.94. The number of nitrogens with one attached hydrogen (secondary N) is 1. The van der Waals surface area contributed by atoms with Crippen molar-refractivity contribution in [3.63, 3.8) is 0 Å². The SMILES string of the molecule is CC1=CC[C@H]2C(=O)N(c3ccccc3C(=O)NCCCCCC(=O)O)C(=O)[C@@H]2C1. The second kappa shape index (κ2) is 9.03. The second-order valence-electron chi connectivity index (χ2n) is 7.69. The number of carbonyl (C=O) groups excluding carboxylic acids is 3. The fourth-order valence-corrected chi connectivity index (χ4v) is 4.01. The summed E-state index contributed by atoms with van der Waals surface area (Å²) in [5.41, 5.74) is 1.74. The molecule has 1 aromatic carbocycles. The van der Waals surface area contributed by atoms with Crippen molar-refractivity contribution in [1.82, 2.24) is 5.32 Å². The Labute approximate surface area is 169 Å². The number of fused-ring (bicyclic) bond motifs is 1. The molecule has 0 spiro atoms. The largest absolute Gasteiger partial charge is 0.481 e. The summed E-state index contributed by atoms with van der Waals surface area (Å²) in [7, 11) is 0. The summed E-state index contributed by atoms with van der Waals surface area (Å²) in [4.78, 5) is 50.3. The van der Waals surface area contributed by atoms with Crippen LogP contribution in [0.2, 0.25) is 0 Å². The summed E-state index contributed by atoms with van der Waals surface area (Å²) >= 11 is 0. The number of hydrogen-bond donors (Lipinski definition) is 2. The van der Waals surface area contributed by atoms with E-state index in [2.05, 4.69) is 5.32 Å². The molecule has 29 heavy (non-hydrogen) atoms. The number of aliphatic carboxylic acids is 1. The molecule has 1 aromatic rings. The van der Waals surface area contributed by atoms with E-state index in [0.717, 1.165) is 5.57 Å². The van der Waals surface area contributed by atoms with Crippen LogP contribution >= 0.6 is 0 Å². The smallest absolute Gasteiger partial charge is 0.303 e. The van der Waals surface area contributed by atoms with Crippen LogP contribution in [0.25, 0.3) is 0 Å². The number of carbonyl (C=O) groups is 4. The molecule has 0 saturated carbocycles. The molecule has 1 fully saturated rings. The number of rotatable bonds is 8. The van der Waals surface area contributed by atoms with E-state index < -0.39 is 5.97 Å². The molecule has 2 aliphatic rings. The molecule has 1 heterocycles. The molecule has 0 radical (unpaired) electrons. The van der Waals surface area contributed by atoms with Crippen LogP contribution in [-0.4, -0.2) is 35.3 Å². The molecule has 3 amide bonds. The van der Waals surface area contributed by atoms with E-state index in [9.17, 15) is 19.2 Å². The lowest BCUT2D eigenvalue weighted by molar-refractivity contribution is -0.137. The van der Waals surface area contributed by atoms with Crippen LogP contribution in [0.5, 0.6) is 0 Å². The molecule has 1 aliphatic heterocycles. The van der Waals surface area contributed by atoms with Gasteiger partial charge in [-0.25, -0.2) is 4.90 Å². The first-order valence-corrected chi connectivity index (χ1v) is 10.0. The van der Waals surface area contributed by atoms with Crippen LogP contribution in [-0.2, 0) is 14.4 Å². The summed E-state index contributed by atoms with van der Waals surface area (Å²) in [6.45, 7) is 2.37. The average molecular weight is 398 g/mol. The van der Waals surface area contributed by atoms with E-state index >= 15 is 0 Å². The third-order valence-corrected chi connectivity index (χ3v) is 5.57. The quantitative estimate of drug-likeness (QED) is 0.398. The highest BCUT2D eigenvalue weighted by Gasteiger charge is 2.49. The normalized spacial score (nSPS) is 21.0. The zero-order valence-electron chi connectivity index (χ0n) is 16.5. The Hall–Kier alpha value is -2.96. The number of benzene rings is 1. The molecule has 1 aliphatic carbocycles. The summed E-state index contributed by atoms with van der Waals surface area (Å²) in [5, 5.41) is 11.4. The van der Waals surface area contributed by atoms with Crippen LogP contribution in [0.15, 0.2) is 35.9 Å². The molecule has 0 bridgehead atoms. The highest BCUT2D eigenvalue weighted by atomic mass is 16.4. The molecule has 154 valence electrons. The molecule has 2 N–H and O–H groups in total. The van der Waals surface area contributed by atoms with Crippen molar-refractivity contribution in [3.8, 4) is 0 Å². The Bertz CT molecular complexity index is 861. The second-order valence-corrected chi connectivity index (χ2v) is 7.69. The van der Waals surface area contributed by atoms with E-state index in [1.165, 1.54) is 4.90 Å². The van der Waals surface area contributed by atoms with Gasteiger partial charge in [0, 0.05) is 13.0 Å². The Kier molecular flexibility index (Phi) is 6.46. The van der Waals surface area contributed by atoms with Gasteiger partial charge in [-0.15, -0.1) is 0 Å². The molecule has 3 rings (SSSR count). The third kappa shape index (κ3) is 4.55. The first kappa shape index (κ1) is 20.8. The molecular weight excluding hydrogens is 372 g/mol. The van der Waals surface area contributed by atoms with Crippen molar-refractivity contribution in [2.24, 2.45) is 11.8 Å². The van der Waals surface area contributed by atoms with Crippen molar-refractivity contribution in [3.05, 3.63) is 41.5 Å². The minimum Gasteiger partial charge on any atom is -0.481 e. The van der Waals surface area contributed by atoms with Crippen molar-refractivity contribution in [2.75, 3.05) is 11.4 Å². The monoisotopic (exact) mass is 398 g/mol. The topological polar surface area (TPSA) is 104 Å². The number of imide groups is 1. The van der Waals surface area contributed by atoms with Crippen molar-refractivity contribution in [1.29, 1.82) is 0 Å². The van der Waals surface area contributed by atoms with Crippen LogP contribution in [0.4, 0.5) is 5.69 Å². The van der Waals surface area contributed by atoms with Crippen molar-refractivity contribution >= 4 is 29.4 Å². The van der Waals surface area contributed by atoms with Gasteiger partial charge >= 0.3 is 5.97 Å². The van der Waals surface area contributed by atoms with Crippen LogP contribution in [0.1, 0.15) is 55.8 Å². The Morgan fingerprint density at radius 1 is 1.10 bits per heavy atom. The van der Waals surface area contributed by atoms with Gasteiger partial charge in [0.15, 0.2) is 0 Å². The summed E-state index contributed by atoms with van der Waals surface area (Å²) in [5.74, 6) is -2.34. The fourth-order valence-electron chi connectivity index (χ4n) is 4.01. The number of hydrogen-bond acceptors (Lipinski definition) is 4. The third-order valence-electron chi connectivity index (χ3n) is 5.57. The molecule has 1 saturated heterocycles. The zero-order valence-corrected chi connectivity index (χ0v) is 16.5. The Morgan fingerprint density at radius 3 is 2.59 bits per heavy atom. The minimum absolute atomic E-state index is 0.118. The van der Waals surface area contributed by atoms with Crippen molar-refractivity contribution < 1.29 is 24.3 Å². The number of nitrogens with zero attached hydrogens (tertiary/aromatic N) is 1. The van der Waals surface area contributed by atoms with Gasteiger partial charge in [0.2, 0.25) is 11.8 Å². The zero-order chi connectivity index (χ0) is 21.0. The van der Waals surface area contributed by atoms with Gasteiger partial charge in [-0.3, -0.25) is 19.2 Å². The van der Waals surface area contributed by atoms with Crippen LogP contribution in [0, 0.1) is 11.8 Å². The van der Waals surface area contributed by atoms with E-state index in [4.69, 9.17) is 5.11 Å². The van der Waals surface area contributed by atoms with Crippen LogP contribution < -0.4 is 10.2 Å². The number of carboxylic acids is 1. The molecule has 2 atom stereocenters. The van der Waals surface area contributed by atoms with E-state index in [0.29, 0.717) is 49.9 Å². The van der Waals surface area contributed by atoms with Crippen molar-refractivity contribution in [2.45, 2.75) is 45.4 Å². The number of carboxylic acid groups (broad SMARTS) is 1. The van der Waals surface area contributed by atoms with Gasteiger partial charge in [0.25, 0.3) is 5.91 Å². The number of allylic oxidation sites excluding steroid dienone is 2. The van der Waals surface area contributed by atoms with Gasteiger partial charge < -0.3 is 10.4 Å². The minimum atomic E-state index is -0.825. The predicted molar refractivity (Wildman–Crippen MR) is 107 cm³/mol. The van der Waals surface area contributed by atoms with Gasteiger partial charge in [-0.2, -0.15) is 0 Å². The molecular formula is C22H26N2O5. The maximum absolute atomic E-state index is 13.0. The number of para-hydroxylation sites is 1. The fraction of sp³-hybridized carbons (Fsp3) is 0.455. The predicted octanol–water partition coefficient (Wildman–Crippen LogP) is 2.91. The standard InChI is InChI=1S/C22H26N2O5/c1-14-10-11-15-17(13-14)22(29)24(21(15)28)18-8-5-4-7-16(18)20(27)23-12-6-2-3-9-19(25)26/h4-5,7-8,10,15,17H,2-3,6,9,11-13H2,1H3,(H,23,27)(H,25,26)/t15-,17-/m1/s1. The highest BCUT2D eigenvalue weighted by Crippen LogP contribution is 2.40. The maximum Gasteiger partial charge on any atom is 0.303 e. The first-order chi connectivity index (χ1) is 13.9. The van der Waals surface area contributed by atoms with Gasteiger partial charge in [0.1, 0.15) is 0 Å². The Balaban J connectivity index is 1.68. The number of amides is 3. The maximum atomic E-state index is 13.0. The molecule has 0 unspecified atom stereocenters. The van der Waals surface area contributed by atoms with E-state index in [1.807, 2.05) is 13.0 Å². The first-order valence-electron chi connectivity index (χ1n) is 10.0. The van der Waals surface area contributed by atoms with Crippen LogP contribution in [0.3, 0.4) is 0 Å². The summed E-state index contributed by atoms with van der Waals surface area (Å²) in [6.07, 6.45) is 5.20. The molecule has 7 nitrogen and oxygen atoms in total. The summed E-state index contributed by atoms with van der Waals surface area (Å²) in [6, 6.07) is 6.66. The van der Waals surface area contributed by atoms with Gasteiger partial charge in [0.05, 0.1) is 23.1 Å². The van der Waals surface area contributed by atoms with E-state index in [1.54, 1.807) is 24.3 Å². The molecule has 0 aromatic heterocycles. The highest BCUT2D eigenvalue weighted by molar-refractivity contribution is 6.24. The van der Waals surface area contributed by atoms with Gasteiger partial charge in [-0.1, -0.05) is 30.2 Å². The Morgan fingerprint density at radius 2 is 1.83 bits per heavy atom.